The van der Waals surface area contributed by atoms with Gasteiger partial charge in [-0.1, -0.05) is 38.3 Å². The molecule has 1 N–H and O–H groups in total. The molecule has 4 nitrogen and oxygen atoms in total. The van der Waals surface area contributed by atoms with Crippen molar-refractivity contribution in [2.75, 3.05) is 11.4 Å². The summed E-state index contributed by atoms with van der Waals surface area (Å²) in [5, 5.41) is 3.47. The van der Waals surface area contributed by atoms with Crippen LogP contribution in [0.25, 0.3) is 0 Å². The molecule has 0 bridgehead atoms. The molecule has 0 aromatic heterocycles. The molecule has 0 spiro atoms. The predicted octanol–water partition coefficient (Wildman–Crippen LogP) is 3.74. The number of amides is 2. The summed E-state index contributed by atoms with van der Waals surface area (Å²) in [6.45, 7) is 2.85. The van der Waals surface area contributed by atoms with Crippen LogP contribution in [0.4, 0.5) is 5.69 Å². The van der Waals surface area contributed by atoms with Crippen molar-refractivity contribution >= 4 is 29.3 Å². The number of thioether (sulfide) groups is 1. The summed E-state index contributed by atoms with van der Waals surface area (Å²) in [4.78, 5) is 27.8. The molecule has 0 radical (unpaired) electrons. The van der Waals surface area contributed by atoms with Crippen molar-refractivity contribution < 1.29 is 9.59 Å². The van der Waals surface area contributed by atoms with Crippen molar-refractivity contribution in [1.82, 2.24) is 5.32 Å². The molecule has 1 aromatic rings. The Morgan fingerprint density at radius 1 is 1.17 bits per heavy atom. The number of carbonyl (C=O) groups is 2. The molecular weight excluding hydrogens is 320 g/mol. The third-order valence-corrected chi connectivity index (χ3v) is 5.91. The van der Waals surface area contributed by atoms with Crippen LogP contribution < -0.4 is 10.2 Å². The third kappa shape index (κ3) is 4.32. The molecule has 1 atom stereocenters. The number of nitrogens with one attached hydrogen (secondary N) is 1. The molecule has 1 fully saturated rings. The number of nitrogens with zero attached hydrogens (tertiary/aromatic N) is 1. The van der Waals surface area contributed by atoms with E-state index >= 15 is 0 Å². The van der Waals surface area contributed by atoms with Crippen LogP contribution in [0.5, 0.6) is 0 Å². The Balaban J connectivity index is 1.54. The van der Waals surface area contributed by atoms with Crippen molar-refractivity contribution in [3.8, 4) is 0 Å². The number of benzene rings is 1. The van der Waals surface area contributed by atoms with E-state index in [1.807, 2.05) is 34.9 Å². The summed E-state index contributed by atoms with van der Waals surface area (Å²) in [6.07, 6.45) is 6.39. The number of hydrogen-bond donors (Lipinski definition) is 1. The number of rotatable bonds is 4. The van der Waals surface area contributed by atoms with Crippen LogP contribution in [-0.2, 0) is 9.59 Å². The molecule has 130 valence electrons. The maximum Gasteiger partial charge on any atom is 0.227 e. The predicted molar refractivity (Wildman–Crippen MR) is 98.4 cm³/mol. The summed E-state index contributed by atoms with van der Waals surface area (Å²) in [7, 11) is 0. The van der Waals surface area contributed by atoms with E-state index in [0.29, 0.717) is 17.8 Å². The maximum absolute atomic E-state index is 12.6. The van der Waals surface area contributed by atoms with Gasteiger partial charge < -0.3 is 10.2 Å². The van der Waals surface area contributed by atoms with Gasteiger partial charge in [-0.05, 0) is 25.0 Å². The largest absolute Gasteiger partial charge is 0.353 e. The van der Waals surface area contributed by atoms with E-state index in [1.54, 1.807) is 0 Å². The third-order valence-electron chi connectivity index (χ3n) is 4.76. The van der Waals surface area contributed by atoms with Crippen LogP contribution in [0, 0.1) is 0 Å². The molecule has 1 aromatic carbocycles. The second-order valence-electron chi connectivity index (χ2n) is 6.80. The minimum atomic E-state index is 0.0166. The first-order valence-electron chi connectivity index (χ1n) is 8.99. The Bertz CT molecular complexity index is 599. The van der Waals surface area contributed by atoms with Crippen molar-refractivity contribution in [1.29, 1.82) is 0 Å². The Hall–Kier alpha value is -1.49. The smallest absolute Gasteiger partial charge is 0.227 e. The fraction of sp³-hybridized carbons (Fsp3) is 0.579. The lowest BCUT2D eigenvalue weighted by Gasteiger charge is -2.32. The van der Waals surface area contributed by atoms with Gasteiger partial charge >= 0.3 is 0 Å². The normalized spacial score (nSPS) is 21.2. The van der Waals surface area contributed by atoms with Gasteiger partial charge in [-0.15, -0.1) is 11.8 Å². The number of hydrogen-bond acceptors (Lipinski definition) is 3. The SMILES string of the molecule is C[C@H]1CN(C(=O)CCC(=O)NC2CCCCC2)c2ccccc2S1. The molecule has 1 aliphatic carbocycles. The molecule has 1 saturated carbocycles. The lowest BCUT2D eigenvalue weighted by atomic mass is 9.95. The number of anilines is 1. The van der Waals surface area contributed by atoms with Crippen LogP contribution in [0.2, 0.25) is 0 Å². The van der Waals surface area contributed by atoms with Crippen LogP contribution in [0.15, 0.2) is 29.2 Å². The first-order chi connectivity index (χ1) is 11.6. The second-order valence-corrected chi connectivity index (χ2v) is 8.28. The average molecular weight is 346 g/mol. The van der Waals surface area contributed by atoms with Gasteiger partial charge in [-0.25, -0.2) is 0 Å². The van der Waals surface area contributed by atoms with Crippen molar-refractivity contribution in [2.24, 2.45) is 0 Å². The van der Waals surface area contributed by atoms with Gasteiger partial charge in [0.25, 0.3) is 0 Å². The standard InChI is InChI=1S/C19H26N2O2S/c1-14-13-21(16-9-5-6-10-17(16)24-14)19(23)12-11-18(22)20-15-7-3-2-4-8-15/h5-6,9-10,14-15H,2-4,7-8,11-13H2,1H3,(H,20,22)/t14-/m0/s1. The highest BCUT2D eigenvalue weighted by Crippen LogP contribution is 2.38. The molecular formula is C19H26N2O2S. The molecule has 1 heterocycles. The lowest BCUT2D eigenvalue weighted by Crippen LogP contribution is -2.40. The zero-order chi connectivity index (χ0) is 16.9. The molecule has 2 aliphatic rings. The second kappa shape index (κ2) is 8.06. The summed E-state index contributed by atoms with van der Waals surface area (Å²) in [5.41, 5.74) is 0.985. The topological polar surface area (TPSA) is 49.4 Å². The summed E-state index contributed by atoms with van der Waals surface area (Å²) >= 11 is 1.81. The summed E-state index contributed by atoms with van der Waals surface area (Å²) < 4.78 is 0. The summed E-state index contributed by atoms with van der Waals surface area (Å²) in [5.74, 6) is 0.0661. The van der Waals surface area contributed by atoms with Crippen molar-refractivity contribution in [3.05, 3.63) is 24.3 Å². The van der Waals surface area contributed by atoms with E-state index in [-0.39, 0.29) is 24.7 Å². The lowest BCUT2D eigenvalue weighted by molar-refractivity contribution is -0.125. The van der Waals surface area contributed by atoms with E-state index in [1.165, 1.54) is 19.3 Å². The minimum absolute atomic E-state index is 0.0166. The van der Waals surface area contributed by atoms with E-state index in [4.69, 9.17) is 0 Å². The Morgan fingerprint density at radius 3 is 2.71 bits per heavy atom. The maximum atomic E-state index is 12.6. The van der Waals surface area contributed by atoms with Crippen LogP contribution in [0.1, 0.15) is 51.9 Å². The fourth-order valence-electron chi connectivity index (χ4n) is 3.53. The van der Waals surface area contributed by atoms with E-state index < -0.39 is 0 Å². The number of fused-ring (bicyclic) bond motifs is 1. The number of para-hydroxylation sites is 1. The molecule has 5 heteroatoms. The zero-order valence-electron chi connectivity index (χ0n) is 14.3. The van der Waals surface area contributed by atoms with Crippen LogP contribution in [0.3, 0.4) is 0 Å². The van der Waals surface area contributed by atoms with Gasteiger partial charge in [0.05, 0.1) is 5.69 Å². The molecule has 0 saturated heterocycles. The highest BCUT2D eigenvalue weighted by atomic mass is 32.2. The zero-order valence-corrected chi connectivity index (χ0v) is 15.1. The molecule has 1 aliphatic heterocycles. The quantitative estimate of drug-likeness (QED) is 0.903. The van der Waals surface area contributed by atoms with Gasteiger partial charge in [0.1, 0.15) is 0 Å². The van der Waals surface area contributed by atoms with Crippen LogP contribution >= 0.6 is 11.8 Å². The van der Waals surface area contributed by atoms with Gasteiger partial charge in [0, 0.05) is 35.6 Å². The van der Waals surface area contributed by atoms with E-state index in [2.05, 4.69) is 18.3 Å². The highest BCUT2D eigenvalue weighted by Gasteiger charge is 2.27. The number of carbonyl (C=O) groups excluding carboxylic acids is 2. The Labute approximate surface area is 148 Å². The Morgan fingerprint density at radius 2 is 1.92 bits per heavy atom. The first-order valence-corrected chi connectivity index (χ1v) is 9.87. The van der Waals surface area contributed by atoms with Gasteiger partial charge in [-0.3, -0.25) is 9.59 Å². The van der Waals surface area contributed by atoms with E-state index in [0.717, 1.165) is 23.4 Å². The molecule has 3 rings (SSSR count). The molecule has 0 unspecified atom stereocenters. The summed E-state index contributed by atoms with van der Waals surface area (Å²) in [6, 6.07) is 8.34. The van der Waals surface area contributed by atoms with Crippen molar-refractivity contribution in [3.63, 3.8) is 0 Å². The Kier molecular flexibility index (Phi) is 5.82. The van der Waals surface area contributed by atoms with Crippen molar-refractivity contribution in [2.45, 2.75) is 68.1 Å². The van der Waals surface area contributed by atoms with E-state index in [9.17, 15) is 9.59 Å². The minimum Gasteiger partial charge on any atom is -0.353 e. The van der Waals surface area contributed by atoms with Crippen LogP contribution in [-0.4, -0.2) is 29.7 Å². The van der Waals surface area contributed by atoms with Gasteiger partial charge in [0.15, 0.2) is 0 Å². The highest BCUT2D eigenvalue weighted by molar-refractivity contribution is 8.00. The monoisotopic (exact) mass is 346 g/mol. The van der Waals surface area contributed by atoms with Gasteiger partial charge in [0.2, 0.25) is 11.8 Å². The molecule has 24 heavy (non-hydrogen) atoms. The average Bonchev–Trinajstić information content (AvgIpc) is 2.59. The first kappa shape index (κ1) is 17.3. The molecule has 2 amide bonds. The fourth-order valence-corrected chi connectivity index (χ4v) is 4.64. The van der Waals surface area contributed by atoms with Gasteiger partial charge in [-0.2, -0.15) is 0 Å².